The minimum absolute atomic E-state index is 0.0397. The molecule has 0 spiro atoms. The third-order valence-electron chi connectivity index (χ3n) is 7.37. The molecule has 3 amide bonds. The molecule has 0 radical (unpaired) electrons. The molecule has 1 saturated heterocycles. The molecule has 1 unspecified atom stereocenters. The van der Waals surface area contributed by atoms with E-state index in [1.807, 2.05) is 4.90 Å². The fraction of sp³-hybridized carbons (Fsp3) is 0.433. The largest absolute Gasteiger partial charge is 0.497 e. The number of likely N-dealkylation sites (N-methyl/N-ethyl adjacent to an activating group) is 1. The number of hydrogen-bond acceptors (Lipinski definition) is 8. The van der Waals surface area contributed by atoms with Crippen molar-refractivity contribution < 1.29 is 33.3 Å². The van der Waals surface area contributed by atoms with Crippen LogP contribution in [-0.4, -0.2) is 100 Å². The van der Waals surface area contributed by atoms with Crippen LogP contribution in [0.4, 0.5) is 4.79 Å². The number of rotatable bonds is 9. The number of nitrogens with one attached hydrogen (secondary N) is 1. The van der Waals surface area contributed by atoms with E-state index in [1.54, 1.807) is 77.8 Å². The molecule has 2 aromatic rings. The second kappa shape index (κ2) is 13.4. The van der Waals surface area contributed by atoms with Gasteiger partial charge in [-0.1, -0.05) is 0 Å². The smallest absolute Gasteiger partial charge is 0.338 e. The molecule has 0 bridgehead atoms. The van der Waals surface area contributed by atoms with Crippen molar-refractivity contribution in [2.75, 3.05) is 67.7 Å². The molecule has 2 aliphatic heterocycles. The summed E-state index contributed by atoms with van der Waals surface area (Å²) in [6.45, 7) is 4.66. The Morgan fingerprint density at radius 2 is 1.56 bits per heavy atom. The normalized spacial score (nSPS) is 18.0. The van der Waals surface area contributed by atoms with Gasteiger partial charge in [-0.15, -0.1) is 0 Å². The number of carbonyl (C=O) groups is 3. The van der Waals surface area contributed by atoms with Gasteiger partial charge in [0.15, 0.2) is 0 Å². The van der Waals surface area contributed by atoms with E-state index in [0.29, 0.717) is 72.4 Å². The van der Waals surface area contributed by atoms with Crippen molar-refractivity contribution in [1.82, 2.24) is 20.0 Å². The summed E-state index contributed by atoms with van der Waals surface area (Å²) in [5.41, 5.74) is 2.13. The topological polar surface area (TPSA) is 110 Å². The van der Waals surface area contributed by atoms with Gasteiger partial charge in [-0.25, -0.2) is 9.59 Å². The molecule has 2 heterocycles. The van der Waals surface area contributed by atoms with Crippen molar-refractivity contribution in [1.29, 1.82) is 0 Å². The maximum atomic E-state index is 13.4. The number of carbonyl (C=O) groups excluding carboxylic acids is 3. The first-order valence-corrected chi connectivity index (χ1v) is 13.6. The van der Waals surface area contributed by atoms with Crippen LogP contribution in [0.1, 0.15) is 35.3 Å². The summed E-state index contributed by atoms with van der Waals surface area (Å²) in [5.74, 6) is 1.22. The van der Waals surface area contributed by atoms with Gasteiger partial charge in [-0.2, -0.15) is 0 Å². The number of amides is 3. The third-order valence-corrected chi connectivity index (χ3v) is 7.37. The molecule has 11 heteroatoms. The first kappa shape index (κ1) is 29.7. The van der Waals surface area contributed by atoms with Gasteiger partial charge in [0.25, 0.3) is 5.91 Å². The van der Waals surface area contributed by atoms with Gasteiger partial charge in [-0.3, -0.25) is 14.6 Å². The summed E-state index contributed by atoms with van der Waals surface area (Å²) in [6.07, 6.45) is 0.746. The first-order chi connectivity index (χ1) is 19.8. The Balaban J connectivity index is 1.61. The Kier molecular flexibility index (Phi) is 9.72. The Hall–Kier alpha value is -4.25. The summed E-state index contributed by atoms with van der Waals surface area (Å²) in [7, 11) is 6.32. The number of esters is 1. The highest BCUT2D eigenvalue weighted by Crippen LogP contribution is 2.35. The van der Waals surface area contributed by atoms with Crippen molar-refractivity contribution in [3.8, 4) is 17.2 Å². The molecular weight excluding hydrogens is 528 g/mol. The number of benzene rings is 2. The van der Waals surface area contributed by atoms with Gasteiger partial charge >= 0.3 is 12.0 Å². The molecule has 0 aliphatic carbocycles. The van der Waals surface area contributed by atoms with E-state index in [9.17, 15) is 14.4 Å². The molecule has 0 aromatic heterocycles. The predicted octanol–water partition coefficient (Wildman–Crippen LogP) is 3.07. The second-order valence-electron chi connectivity index (χ2n) is 9.82. The highest BCUT2D eigenvalue weighted by Gasteiger charge is 2.38. The lowest BCUT2D eigenvalue weighted by Gasteiger charge is -2.36. The van der Waals surface area contributed by atoms with Gasteiger partial charge in [0.05, 0.1) is 39.6 Å². The Morgan fingerprint density at radius 1 is 0.902 bits per heavy atom. The van der Waals surface area contributed by atoms with Gasteiger partial charge in [-0.05, 0) is 55.3 Å². The molecule has 41 heavy (non-hydrogen) atoms. The van der Waals surface area contributed by atoms with E-state index in [1.165, 1.54) is 4.90 Å². The predicted molar refractivity (Wildman–Crippen MR) is 152 cm³/mol. The maximum Gasteiger partial charge on any atom is 0.338 e. The van der Waals surface area contributed by atoms with Crippen molar-refractivity contribution in [2.24, 2.45) is 0 Å². The zero-order valence-corrected chi connectivity index (χ0v) is 24.3. The highest BCUT2D eigenvalue weighted by molar-refractivity contribution is 5.95. The van der Waals surface area contributed by atoms with E-state index in [0.717, 1.165) is 6.42 Å². The summed E-state index contributed by atoms with van der Waals surface area (Å²) in [5, 5.41) is 2.94. The molecule has 4 rings (SSSR count). The van der Waals surface area contributed by atoms with Crippen LogP contribution >= 0.6 is 0 Å². The zero-order valence-electron chi connectivity index (χ0n) is 24.3. The van der Waals surface area contributed by atoms with Crippen LogP contribution in [0, 0.1) is 0 Å². The molecule has 11 nitrogen and oxygen atoms in total. The van der Waals surface area contributed by atoms with E-state index in [4.69, 9.17) is 18.9 Å². The van der Waals surface area contributed by atoms with E-state index < -0.39 is 12.0 Å². The number of hydrogen-bond donors (Lipinski definition) is 1. The van der Waals surface area contributed by atoms with Gasteiger partial charge in [0.1, 0.15) is 17.2 Å². The molecule has 2 aliphatic rings. The van der Waals surface area contributed by atoms with Crippen molar-refractivity contribution in [3.63, 3.8) is 0 Å². The zero-order chi connectivity index (χ0) is 29.5. The Morgan fingerprint density at radius 3 is 2.17 bits per heavy atom. The average molecular weight is 567 g/mol. The van der Waals surface area contributed by atoms with Crippen LogP contribution in [-0.2, 0) is 9.53 Å². The SMILES string of the molecule is CCOC(=O)C1=C(CN2CCCN(C(=O)c3ccc(OC)cc3)CC2)N(C)C(=O)NC1c1cc(OC)cc(OC)c1. The third kappa shape index (κ3) is 6.74. The molecule has 2 aromatic carbocycles. The van der Waals surface area contributed by atoms with E-state index >= 15 is 0 Å². The van der Waals surface area contributed by atoms with Gasteiger partial charge < -0.3 is 29.2 Å². The molecule has 1 fully saturated rings. The standard InChI is InChI=1S/C30H38N4O7/c1-6-41-29(36)26-25(32(2)30(37)31-27(26)21-16-23(39-4)18-24(17-21)40-5)19-33-12-7-13-34(15-14-33)28(35)20-8-10-22(38-3)11-9-20/h8-11,16-18,27H,6-7,12-15,19H2,1-5H3,(H,31,37). The van der Waals surface area contributed by atoms with E-state index in [2.05, 4.69) is 10.2 Å². The maximum absolute atomic E-state index is 13.4. The average Bonchev–Trinajstić information content (AvgIpc) is 3.24. The van der Waals surface area contributed by atoms with Gasteiger partial charge in [0, 0.05) is 57.1 Å². The van der Waals surface area contributed by atoms with Crippen LogP contribution in [0.25, 0.3) is 0 Å². The first-order valence-electron chi connectivity index (χ1n) is 13.6. The molecular formula is C30H38N4O7. The summed E-state index contributed by atoms with van der Waals surface area (Å²) >= 11 is 0. The lowest BCUT2D eigenvalue weighted by atomic mass is 9.94. The number of methoxy groups -OCH3 is 3. The van der Waals surface area contributed by atoms with Crippen LogP contribution in [0.2, 0.25) is 0 Å². The number of urea groups is 1. The second-order valence-corrected chi connectivity index (χ2v) is 9.82. The van der Waals surface area contributed by atoms with Crippen LogP contribution in [0.5, 0.6) is 17.2 Å². The van der Waals surface area contributed by atoms with E-state index in [-0.39, 0.29) is 18.5 Å². The van der Waals surface area contributed by atoms with Crippen molar-refractivity contribution in [3.05, 3.63) is 64.9 Å². The minimum atomic E-state index is -0.767. The number of nitrogens with zero attached hydrogens (tertiary/aromatic N) is 3. The minimum Gasteiger partial charge on any atom is -0.497 e. The summed E-state index contributed by atoms with van der Waals surface area (Å²) < 4.78 is 21.5. The van der Waals surface area contributed by atoms with Crippen molar-refractivity contribution in [2.45, 2.75) is 19.4 Å². The molecule has 220 valence electrons. The molecule has 1 N–H and O–H groups in total. The fourth-order valence-corrected chi connectivity index (χ4v) is 5.10. The Labute approximate surface area is 240 Å². The molecule has 0 saturated carbocycles. The lowest BCUT2D eigenvalue weighted by molar-refractivity contribution is -0.139. The van der Waals surface area contributed by atoms with Crippen LogP contribution in [0.15, 0.2) is 53.7 Å². The highest BCUT2D eigenvalue weighted by atomic mass is 16.5. The molecule has 1 atom stereocenters. The van der Waals surface area contributed by atoms with Gasteiger partial charge in [0.2, 0.25) is 0 Å². The summed E-state index contributed by atoms with van der Waals surface area (Å²) in [6, 6.07) is 11.2. The van der Waals surface area contributed by atoms with Crippen LogP contribution < -0.4 is 19.5 Å². The van der Waals surface area contributed by atoms with Crippen molar-refractivity contribution >= 4 is 17.9 Å². The number of ether oxygens (including phenoxy) is 4. The fourth-order valence-electron chi connectivity index (χ4n) is 5.10. The van der Waals surface area contributed by atoms with Crippen LogP contribution in [0.3, 0.4) is 0 Å². The lowest BCUT2D eigenvalue weighted by Crippen LogP contribution is -2.49. The quantitative estimate of drug-likeness (QED) is 0.462. The monoisotopic (exact) mass is 566 g/mol. The summed E-state index contributed by atoms with van der Waals surface area (Å²) in [4.78, 5) is 45.2. The Bertz CT molecular complexity index is 1270.